The highest BCUT2D eigenvalue weighted by molar-refractivity contribution is 6.06. The molecule has 4 nitrogen and oxygen atoms in total. The van der Waals surface area contributed by atoms with Gasteiger partial charge in [-0.15, -0.1) is 0 Å². The SMILES string of the molecule is Cc1ncnc(C)c1C(=O)Nc1ccccc1C(C)(C)C. The van der Waals surface area contributed by atoms with E-state index in [9.17, 15) is 4.79 Å². The minimum atomic E-state index is -0.165. The summed E-state index contributed by atoms with van der Waals surface area (Å²) in [6.07, 6.45) is 1.48. The topological polar surface area (TPSA) is 54.9 Å². The van der Waals surface area contributed by atoms with Crippen molar-refractivity contribution in [2.45, 2.75) is 40.0 Å². The van der Waals surface area contributed by atoms with Crippen LogP contribution in [0.5, 0.6) is 0 Å². The van der Waals surface area contributed by atoms with Crippen LogP contribution in [0.15, 0.2) is 30.6 Å². The first-order chi connectivity index (χ1) is 9.80. The third-order valence-corrected chi connectivity index (χ3v) is 3.44. The maximum Gasteiger partial charge on any atom is 0.259 e. The molecule has 0 radical (unpaired) electrons. The Hall–Kier alpha value is -2.23. The maximum atomic E-state index is 12.5. The first-order valence-corrected chi connectivity index (χ1v) is 7.00. The number of hydrogen-bond acceptors (Lipinski definition) is 3. The van der Waals surface area contributed by atoms with Gasteiger partial charge in [0.15, 0.2) is 0 Å². The molecule has 4 heteroatoms. The molecule has 1 aromatic heterocycles. The van der Waals surface area contributed by atoms with Gasteiger partial charge in [0, 0.05) is 5.69 Å². The molecule has 21 heavy (non-hydrogen) atoms. The zero-order chi connectivity index (χ0) is 15.6. The number of aryl methyl sites for hydroxylation is 2. The number of nitrogens with one attached hydrogen (secondary N) is 1. The smallest absolute Gasteiger partial charge is 0.259 e. The molecular formula is C17H21N3O. The van der Waals surface area contributed by atoms with E-state index < -0.39 is 0 Å². The zero-order valence-corrected chi connectivity index (χ0v) is 13.2. The van der Waals surface area contributed by atoms with Gasteiger partial charge < -0.3 is 5.32 Å². The predicted octanol–water partition coefficient (Wildman–Crippen LogP) is 3.64. The standard InChI is InChI=1S/C17H21N3O/c1-11-15(12(2)19-10-18-11)16(21)20-14-9-7-6-8-13(14)17(3,4)5/h6-10H,1-5H3,(H,20,21). The van der Waals surface area contributed by atoms with Crippen LogP contribution >= 0.6 is 0 Å². The Morgan fingerprint density at radius 3 is 2.19 bits per heavy atom. The number of carbonyl (C=O) groups is 1. The molecule has 0 saturated carbocycles. The van der Waals surface area contributed by atoms with E-state index >= 15 is 0 Å². The van der Waals surface area contributed by atoms with E-state index in [0.29, 0.717) is 17.0 Å². The van der Waals surface area contributed by atoms with E-state index in [1.165, 1.54) is 6.33 Å². The highest BCUT2D eigenvalue weighted by Gasteiger charge is 2.20. The molecule has 2 aromatic rings. The molecule has 1 N–H and O–H groups in total. The normalized spacial score (nSPS) is 11.3. The first kappa shape index (κ1) is 15.2. The monoisotopic (exact) mass is 283 g/mol. The second-order valence-electron chi connectivity index (χ2n) is 6.17. The lowest BCUT2D eigenvalue weighted by molar-refractivity contribution is 0.102. The van der Waals surface area contributed by atoms with Gasteiger partial charge in [-0.2, -0.15) is 0 Å². The Morgan fingerprint density at radius 1 is 1.05 bits per heavy atom. The predicted molar refractivity (Wildman–Crippen MR) is 84.6 cm³/mol. The van der Waals surface area contributed by atoms with Gasteiger partial charge in [0.25, 0.3) is 5.91 Å². The quantitative estimate of drug-likeness (QED) is 0.915. The number of nitrogens with zero attached hydrogens (tertiary/aromatic N) is 2. The van der Waals surface area contributed by atoms with Crippen LogP contribution < -0.4 is 5.32 Å². The van der Waals surface area contributed by atoms with E-state index in [0.717, 1.165) is 11.3 Å². The van der Waals surface area contributed by atoms with Crippen molar-refractivity contribution in [3.63, 3.8) is 0 Å². The van der Waals surface area contributed by atoms with Crippen LogP contribution in [0.1, 0.15) is 48.1 Å². The van der Waals surface area contributed by atoms with Gasteiger partial charge in [-0.3, -0.25) is 4.79 Å². The molecule has 0 atom stereocenters. The fourth-order valence-electron chi connectivity index (χ4n) is 2.35. The summed E-state index contributed by atoms with van der Waals surface area (Å²) < 4.78 is 0. The van der Waals surface area contributed by atoms with Crippen LogP contribution in [0.25, 0.3) is 0 Å². The fourth-order valence-corrected chi connectivity index (χ4v) is 2.35. The molecule has 110 valence electrons. The molecule has 0 bridgehead atoms. The lowest BCUT2D eigenvalue weighted by Crippen LogP contribution is -2.20. The van der Waals surface area contributed by atoms with Gasteiger partial charge in [0.05, 0.1) is 17.0 Å². The molecule has 0 unspecified atom stereocenters. The Morgan fingerprint density at radius 2 is 1.62 bits per heavy atom. The molecular weight excluding hydrogens is 262 g/mol. The highest BCUT2D eigenvalue weighted by atomic mass is 16.1. The van der Waals surface area contributed by atoms with Gasteiger partial charge in [-0.1, -0.05) is 39.0 Å². The van der Waals surface area contributed by atoms with Crippen molar-refractivity contribution >= 4 is 11.6 Å². The van der Waals surface area contributed by atoms with E-state index in [1.54, 1.807) is 0 Å². The second kappa shape index (κ2) is 5.64. The number of aromatic nitrogens is 2. The zero-order valence-electron chi connectivity index (χ0n) is 13.2. The number of amides is 1. The molecule has 0 spiro atoms. The van der Waals surface area contributed by atoms with Crippen LogP contribution in [-0.2, 0) is 5.41 Å². The van der Waals surface area contributed by atoms with Crippen molar-refractivity contribution in [3.05, 3.63) is 53.1 Å². The molecule has 1 amide bonds. The number of para-hydroxylation sites is 1. The molecule has 1 aromatic carbocycles. The second-order valence-corrected chi connectivity index (χ2v) is 6.17. The summed E-state index contributed by atoms with van der Waals surface area (Å²) in [4.78, 5) is 20.7. The number of rotatable bonds is 2. The summed E-state index contributed by atoms with van der Waals surface area (Å²) in [5, 5.41) is 3.00. The Balaban J connectivity index is 2.38. The van der Waals surface area contributed by atoms with E-state index in [4.69, 9.17) is 0 Å². The van der Waals surface area contributed by atoms with Crippen LogP contribution in [0.3, 0.4) is 0 Å². The van der Waals surface area contributed by atoms with E-state index in [1.807, 2.05) is 38.1 Å². The fraction of sp³-hybridized carbons (Fsp3) is 0.353. The molecule has 1 heterocycles. The summed E-state index contributed by atoms with van der Waals surface area (Å²) in [6, 6.07) is 7.87. The minimum absolute atomic E-state index is 0.0405. The molecule has 0 saturated heterocycles. The minimum Gasteiger partial charge on any atom is -0.322 e. The van der Waals surface area contributed by atoms with Crippen molar-refractivity contribution in [2.75, 3.05) is 5.32 Å². The molecule has 2 rings (SSSR count). The number of anilines is 1. The van der Waals surface area contributed by atoms with Crippen molar-refractivity contribution in [1.29, 1.82) is 0 Å². The van der Waals surface area contributed by atoms with E-state index in [-0.39, 0.29) is 11.3 Å². The number of benzene rings is 1. The van der Waals surface area contributed by atoms with Gasteiger partial charge in [-0.25, -0.2) is 9.97 Å². The van der Waals surface area contributed by atoms with Crippen molar-refractivity contribution in [3.8, 4) is 0 Å². The van der Waals surface area contributed by atoms with Gasteiger partial charge in [-0.05, 0) is 30.9 Å². The summed E-state index contributed by atoms with van der Waals surface area (Å²) in [6.45, 7) is 10.0. The maximum absolute atomic E-state index is 12.5. The third kappa shape index (κ3) is 3.27. The first-order valence-electron chi connectivity index (χ1n) is 7.00. The van der Waals surface area contributed by atoms with E-state index in [2.05, 4.69) is 36.1 Å². The average Bonchev–Trinajstić information content (AvgIpc) is 2.37. The number of hydrogen-bond donors (Lipinski definition) is 1. The summed E-state index contributed by atoms with van der Waals surface area (Å²) in [5.74, 6) is -0.165. The molecule has 0 fully saturated rings. The van der Waals surface area contributed by atoms with Crippen LogP contribution in [0.4, 0.5) is 5.69 Å². The third-order valence-electron chi connectivity index (χ3n) is 3.44. The van der Waals surface area contributed by atoms with Crippen LogP contribution in [0, 0.1) is 13.8 Å². The summed E-state index contributed by atoms with van der Waals surface area (Å²) >= 11 is 0. The average molecular weight is 283 g/mol. The Kier molecular flexibility index (Phi) is 4.07. The van der Waals surface area contributed by atoms with Crippen molar-refractivity contribution in [1.82, 2.24) is 9.97 Å². The van der Waals surface area contributed by atoms with Crippen molar-refractivity contribution in [2.24, 2.45) is 0 Å². The van der Waals surface area contributed by atoms with Crippen LogP contribution in [0.2, 0.25) is 0 Å². The van der Waals surface area contributed by atoms with Gasteiger partial charge in [0.2, 0.25) is 0 Å². The van der Waals surface area contributed by atoms with Gasteiger partial charge >= 0.3 is 0 Å². The Bertz CT molecular complexity index is 652. The summed E-state index contributed by atoms with van der Waals surface area (Å²) in [7, 11) is 0. The van der Waals surface area contributed by atoms with Crippen LogP contribution in [-0.4, -0.2) is 15.9 Å². The lowest BCUT2D eigenvalue weighted by Gasteiger charge is -2.23. The molecule has 0 aliphatic rings. The highest BCUT2D eigenvalue weighted by Crippen LogP contribution is 2.29. The van der Waals surface area contributed by atoms with Crippen molar-refractivity contribution < 1.29 is 4.79 Å². The number of carbonyl (C=O) groups excluding carboxylic acids is 1. The molecule has 0 aliphatic heterocycles. The summed E-state index contributed by atoms with van der Waals surface area (Å²) in [5.41, 5.74) is 3.81. The Labute approximate surface area is 125 Å². The lowest BCUT2D eigenvalue weighted by atomic mass is 9.86. The molecule has 0 aliphatic carbocycles. The van der Waals surface area contributed by atoms with Gasteiger partial charge in [0.1, 0.15) is 6.33 Å². The largest absolute Gasteiger partial charge is 0.322 e.